The Labute approximate surface area is 342 Å². The fourth-order valence-corrected chi connectivity index (χ4v) is 6.02. The van der Waals surface area contributed by atoms with Gasteiger partial charge in [-0.1, -0.05) is 80.9 Å². The minimum Gasteiger partial charge on any atom is -0.508 e. The quantitative estimate of drug-likeness (QED) is 0.0660. The van der Waals surface area contributed by atoms with Crippen molar-refractivity contribution < 1.29 is 29.0 Å². The maximum absolute atomic E-state index is 13.5. The molecule has 0 aliphatic rings. The average Bonchev–Trinajstić information content (AvgIpc) is 3.59. The van der Waals surface area contributed by atoms with E-state index in [0.717, 1.165) is 33.0 Å². The Morgan fingerprint density at radius 2 is 1.60 bits per heavy atom. The molecule has 0 saturated carbocycles. The molecular formula is C43H50ClN7O7. The molecule has 0 fully saturated rings. The number of hydrogen-bond acceptors (Lipinski definition) is 9. The summed E-state index contributed by atoms with van der Waals surface area (Å²) in [7, 11) is 0. The molecule has 0 spiro atoms. The summed E-state index contributed by atoms with van der Waals surface area (Å²) in [5.41, 5.74) is 6.82. The Balaban J connectivity index is 1.22. The molecule has 306 valence electrons. The lowest BCUT2D eigenvalue weighted by Gasteiger charge is -2.26. The first-order valence-corrected chi connectivity index (χ1v) is 19.1. The average molecular weight is 812 g/mol. The molecule has 3 aromatic carbocycles. The van der Waals surface area contributed by atoms with Gasteiger partial charge < -0.3 is 29.3 Å². The van der Waals surface area contributed by atoms with Crippen LogP contribution in [0.15, 0.2) is 89.7 Å². The van der Waals surface area contributed by atoms with Crippen LogP contribution in [-0.2, 0) is 41.2 Å². The Morgan fingerprint density at radius 1 is 0.914 bits per heavy atom. The van der Waals surface area contributed by atoms with E-state index in [2.05, 4.69) is 16.1 Å². The highest BCUT2D eigenvalue weighted by Gasteiger charge is 2.23. The number of urea groups is 1. The number of aromatic nitrogens is 3. The molecule has 5 rings (SSSR count). The van der Waals surface area contributed by atoms with E-state index >= 15 is 0 Å². The van der Waals surface area contributed by atoms with Crippen LogP contribution in [0, 0.1) is 6.92 Å². The van der Waals surface area contributed by atoms with Gasteiger partial charge in [0.15, 0.2) is 0 Å². The van der Waals surface area contributed by atoms with Crippen molar-refractivity contribution in [3.63, 3.8) is 0 Å². The van der Waals surface area contributed by atoms with Gasteiger partial charge in [-0.15, -0.1) is 0 Å². The van der Waals surface area contributed by atoms with Gasteiger partial charge in [0.2, 0.25) is 0 Å². The SMILES string of the molecule is Cc1cc(OCc2ccccc2CNC(=O)Nc2cc(C(C)(C)C)nn2-c2ccc(O)cc2)c(Cl)c(=O)n1Cc1cccc(CNN(CC=O)C(=O)OC(C)(C)C)c1. The lowest BCUT2D eigenvalue weighted by molar-refractivity contribution is -0.109. The van der Waals surface area contributed by atoms with E-state index in [1.54, 1.807) is 67.3 Å². The number of anilines is 1. The molecular weight excluding hydrogens is 762 g/mol. The fourth-order valence-electron chi connectivity index (χ4n) is 5.81. The van der Waals surface area contributed by atoms with Gasteiger partial charge in [-0.25, -0.2) is 24.7 Å². The number of halogens is 1. The molecule has 0 unspecified atom stereocenters. The first kappa shape index (κ1) is 43.0. The van der Waals surface area contributed by atoms with Crippen LogP contribution in [0.4, 0.5) is 15.4 Å². The number of nitrogens with zero attached hydrogens (tertiary/aromatic N) is 4. The van der Waals surface area contributed by atoms with E-state index in [9.17, 15) is 24.3 Å². The van der Waals surface area contributed by atoms with Gasteiger partial charge in [-0.3, -0.25) is 10.1 Å². The molecule has 58 heavy (non-hydrogen) atoms. The number of aromatic hydroxyl groups is 1. The molecule has 0 aliphatic carbocycles. The summed E-state index contributed by atoms with van der Waals surface area (Å²) in [4.78, 5) is 50.5. The third-order valence-electron chi connectivity index (χ3n) is 8.85. The highest BCUT2D eigenvalue weighted by atomic mass is 35.5. The Morgan fingerprint density at radius 3 is 2.28 bits per heavy atom. The zero-order valence-corrected chi connectivity index (χ0v) is 34.5. The van der Waals surface area contributed by atoms with Crippen LogP contribution in [0.3, 0.4) is 0 Å². The van der Waals surface area contributed by atoms with E-state index < -0.39 is 23.3 Å². The van der Waals surface area contributed by atoms with Crippen LogP contribution < -0.4 is 26.4 Å². The van der Waals surface area contributed by atoms with Crippen molar-refractivity contribution in [1.82, 2.24) is 30.1 Å². The number of ether oxygens (including phenoxy) is 2. The molecule has 0 radical (unpaired) electrons. The number of pyridine rings is 1. The lowest BCUT2D eigenvalue weighted by atomic mass is 9.92. The summed E-state index contributed by atoms with van der Waals surface area (Å²) >= 11 is 6.61. The van der Waals surface area contributed by atoms with Crippen molar-refractivity contribution in [2.24, 2.45) is 0 Å². The van der Waals surface area contributed by atoms with Crippen molar-refractivity contribution in [2.45, 2.75) is 85.7 Å². The summed E-state index contributed by atoms with van der Waals surface area (Å²) < 4.78 is 14.7. The maximum Gasteiger partial charge on any atom is 0.425 e. The van der Waals surface area contributed by atoms with Crippen LogP contribution in [0.5, 0.6) is 11.5 Å². The number of rotatable bonds is 14. The maximum atomic E-state index is 13.5. The van der Waals surface area contributed by atoms with Crippen LogP contribution >= 0.6 is 11.6 Å². The number of phenolic OH excluding ortho intramolecular Hbond substituents is 1. The summed E-state index contributed by atoms with van der Waals surface area (Å²) in [5.74, 6) is 0.817. The van der Waals surface area contributed by atoms with Crippen molar-refractivity contribution in [1.29, 1.82) is 0 Å². The van der Waals surface area contributed by atoms with Gasteiger partial charge >= 0.3 is 12.1 Å². The summed E-state index contributed by atoms with van der Waals surface area (Å²) in [6.45, 7) is 13.7. The highest BCUT2D eigenvalue weighted by molar-refractivity contribution is 6.31. The summed E-state index contributed by atoms with van der Waals surface area (Å²) in [6, 6.07) is 24.6. The number of hydrazine groups is 1. The Bertz CT molecular complexity index is 2310. The number of aldehydes is 1. The number of phenols is 1. The number of nitrogens with one attached hydrogen (secondary N) is 3. The van der Waals surface area contributed by atoms with E-state index in [4.69, 9.17) is 26.2 Å². The van der Waals surface area contributed by atoms with E-state index in [0.29, 0.717) is 23.5 Å². The third-order valence-corrected chi connectivity index (χ3v) is 9.19. The predicted molar refractivity (Wildman–Crippen MR) is 222 cm³/mol. The standard InChI is InChI=1S/C43H50ClN7O7/c1-28-21-35(38(44)39(54)49(28)26-30-12-10-11-29(22-30)24-46-50(19-20-52)41(56)58-43(5,6)7)57-27-32-14-9-8-13-31(32)25-45-40(55)47-37-23-36(42(2,3)4)48-51(37)33-15-17-34(53)18-16-33/h8-18,20-23,46,53H,19,24-27H2,1-7H3,(H2,45,47,55). The Kier molecular flexibility index (Phi) is 13.7. The van der Waals surface area contributed by atoms with Gasteiger partial charge in [-0.2, -0.15) is 5.10 Å². The van der Waals surface area contributed by atoms with Gasteiger partial charge in [0, 0.05) is 36.3 Å². The summed E-state index contributed by atoms with van der Waals surface area (Å²) in [5, 5.41) is 21.3. The molecule has 3 amide bonds. The van der Waals surface area contributed by atoms with Crippen LogP contribution in [0.25, 0.3) is 5.69 Å². The van der Waals surface area contributed by atoms with Crippen molar-refractivity contribution >= 4 is 35.8 Å². The minimum atomic E-state index is -0.725. The van der Waals surface area contributed by atoms with E-state index in [1.165, 1.54) is 0 Å². The highest BCUT2D eigenvalue weighted by Crippen LogP contribution is 2.28. The molecule has 0 bridgehead atoms. The second-order valence-corrected chi connectivity index (χ2v) is 16.1. The van der Waals surface area contributed by atoms with Crippen molar-refractivity contribution in [3.05, 3.63) is 134 Å². The van der Waals surface area contributed by atoms with Gasteiger partial charge in [-0.05, 0) is 74.2 Å². The van der Waals surface area contributed by atoms with Crippen molar-refractivity contribution in [2.75, 3.05) is 11.9 Å². The number of amides is 3. The summed E-state index contributed by atoms with van der Waals surface area (Å²) in [6.07, 6.45) is -0.0551. The first-order valence-electron chi connectivity index (χ1n) is 18.7. The van der Waals surface area contributed by atoms with E-state index in [1.807, 2.05) is 75.4 Å². The number of carbonyl (C=O) groups is 3. The second-order valence-electron chi connectivity index (χ2n) is 15.7. The number of carbonyl (C=O) groups excluding carboxylic acids is 3. The molecule has 0 aliphatic heterocycles. The largest absolute Gasteiger partial charge is 0.508 e. The number of aryl methyl sites for hydroxylation is 1. The minimum absolute atomic E-state index is 0.0693. The lowest BCUT2D eigenvalue weighted by Crippen LogP contribution is -2.46. The molecule has 14 nitrogen and oxygen atoms in total. The van der Waals surface area contributed by atoms with Gasteiger partial charge in [0.05, 0.1) is 24.5 Å². The number of hydrogen-bond donors (Lipinski definition) is 4. The smallest absolute Gasteiger partial charge is 0.425 e. The molecule has 4 N–H and O–H groups in total. The fraction of sp³-hybridized carbons (Fsp3) is 0.326. The van der Waals surface area contributed by atoms with E-state index in [-0.39, 0.29) is 54.7 Å². The number of benzene rings is 3. The van der Waals surface area contributed by atoms with Crippen LogP contribution in [0.1, 0.15) is 75.2 Å². The first-order chi connectivity index (χ1) is 27.4. The molecule has 15 heteroatoms. The zero-order valence-electron chi connectivity index (χ0n) is 33.8. The van der Waals surface area contributed by atoms with Crippen LogP contribution in [-0.4, -0.2) is 55.0 Å². The molecule has 5 aromatic rings. The predicted octanol–water partition coefficient (Wildman–Crippen LogP) is 7.39. The second kappa shape index (κ2) is 18.4. The third kappa shape index (κ3) is 11.5. The van der Waals surface area contributed by atoms with Crippen LogP contribution in [0.2, 0.25) is 5.02 Å². The Hall–Kier alpha value is -6.12. The molecule has 2 heterocycles. The zero-order chi connectivity index (χ0) is 42.2. The molecule has 2 aromatic heterocycles. The molecule has 0 saturated heterocycles. The van der Waals surface area contributed by atoms with Crippen molar-refractivity contribution in [3.8, 4) is 17.2 Å². The normalized spacial score (nSPS) is 11.5. The van der Waals surface area contributed by atoms with Gasteiger partial charge in [0.1, 0.15) is 40.8 Å². The van der Waals surface area contributed by atoms with Gasteiger partial charge in [0.25, 0.3) is 5.56 Å². The topological polar surface area (TPSA) is 169 Å². The molecule has 0 atom stereocenters. The monoisotopic (exact) mass is 811 g/mol.